The Bertz CT molecular complexity index is 1520. The van der Waals surface area contributed by atoms with E-state index in [0.29, 0.717) is 47.5 Å². The topological polar surface area (TPSA) is 138 Å². The van der Waals surface area contributed by atoms with Gasteiger partial charge in [0.2, 0.25) is 11.8 Å². The number of nitrogens with zero attached hydrogens (tertiary/aromatic N) is 3. The summed E-state index contributed by atoms with van der Waals surface area (Å²) < 4.78 is 2.68. The van der Waals surface area contributed by atoms with Crippen LogP contribution in [0.5, 0.6) is 0 Å². The standard InChI is InChI=1S/C25H25ClN6O4.ClH/c1-3-31-21-8-7-15(9-17(21)24(35)32(4-2)25(31)36)29-22(33)18-12-28-13-19(18)23(34)30-16-6-5-14(11-27)20(26)10-16;/h5-10,18-19,28H,3-4,12-13H2,1-2H3,(H,29,33)(H,30,34);1H. The molecule has 1 aromatic heterocycles. The number of amides is 2. The van der Waals surface area contributed by atoms with Gasteiger partial charge in [0, 0.05) is 37.6 Å². The summed E-state index contributed by atoms with van der Waals surface area (Å²) in [6.07, 6.45) is 0. The SMILES string of the molecule is CCn1c(=O)c2cc(NC(=O)C3CNCC3C(=O)Nc3ccc(C#N)c(Cl)c3)ccc2n(CC)c1=O.Cl. The summed E-state index contributed by atoms with van der Waals surface area (Å²) in [5.74, 6) is -2.00. The van der Waals surface area contributed by atoms with Crippen molar-refractivity contribution in [3.63, 3.8) is 0 Å². The Balaban J connectivity index is 0.00000380. The third-order valence-electron chi connectivity index (χ3n) is 6.37. The van der Waals surface area contributed by atoms with Crippen molar-refractivity contribution in [3.05, 3.63) is 67.8 Å². The molecule has 0 saturated carbocycles. The molecule has 194 valence electrons. The summed E-state index contributed by atoms with van der Waals surface area (Å²) in [6, 6.07) is 11.4. The molecule has 4 rings (SSSR count). The Labute approximate surface area is 223 Å². The molecule has 12 heteroatoms. The average Bonchev–Trinajstić information content (AvgIpc) is 3.36. The summed E-state index contributed by atoms with van der Waals surface area (Å²) >= 11 is 6.05. The van der Waals surface area contributed by atoms with E-state index in [0.717, 1.165) is 4.57 Å². The van der Waals surface area contributed by atoms with Gasteiger partial charge in [0.05, 0.1) is 33.3 Å². The van der Waals surface area contributed by atoms with E-state index in [9.17, 15) is 19.2 Å². The summed E-state index contributed by atoms with van der Waals surface area (Å²) in [5.41, 5.74) is 0.836. The van der Waals surface area contributed by atoms with Crippen molar-refractivity contribution in [2.24, 2.45) is 11.8 Å². The van der Waals surface area contributed by atoms with E-state index >= 15 is 0 Å². The Morgan fingerprint density at radius 1 is 1.00 bits per heavy atom. The molecule has 2 atom stereocenters. The minimum absolute atomic E-state index is 0. The lowest BCUT2D eigenvalue weighted by molar-refractivity contribution is -0.127. The molecule has 10 nitrogen and oxygen atoms in total. The number of anilines is 2. The van der Waals surface area contributed by atoms with Crippen LogP contribution < -0.4 is 27.2 Å². The number of aromatic nitrogens is 2. The molecular weight excluding hydrogens is 519 g/mol. The lowest BCUT2D eigenvalue weighted by Gasteiger charge is -2.18. The zero-order valence-corrected chi connectivity index (χ0v) is 21.8. The molecule has 1 fully saturated rings. The fourth-order valence-corrected chi connectivity index (χ4v) is 4.69. The number of fused-ring (bicyclic) bond motifs is 1. The predicted octanol–water partition coefficient (Wildman–Crippen LogP) is 2.56. The molecule has 0 spiro atoms. The van der Waals surface area contributed by atoms with Gasteiger partial charge in [0.25, 0.3) is 5.56 Å². The van der Waals surface area contributed by atoms with Crippen molar-refractivity contribution in [2.75, 3.05) is 23.7 Å². The summed E-state index contributed by atoms with van der Waals surface area (Å²) in [4.78, 5) is 51.5. The van der Waals surface area contributed by atoms with Crippen molar-refractivity contribution >= 4 is 58.1 Å². The number of halogens is 2. The van der Waals surface area contributed by atoms with Crippen LogP contribution in [0.25, 0.3) is 10.9 Å². The van der Waals surface area contributed by atoms with Gasteiger partial charge in [-0.3, -0.25) is 23.5 Å². The fraction of sp³-hybridized carbons (Fsp3) is 0.320. The molecule has 2 unspecified atom stereocenters. The van der Waals surface area contributed by atoms with Gasteiger partial charge in [-0.1, -0.05) is 11.6 Å². The van der Waals surface area contributed by atoms with Crippen molar-refractivity contribution in [1.82, 2.24) is 14.5 Å². The maximum absolute atomic E-state index is 13.1. The van der Waals surface area contributed by atoms with E-state index in [1.54, 1.807) is 31.2 Å². The van der Waals surface area contributed by atoms with Crippen molar-refractivity contribution < 1.29 is 9.59 Å². The number of nitriles is 1. The third-order valence-corrected chi connectivity index (χ3v) is 6.68. The average molecular weight is 545 g/mol. The molecule has 2 heterocycles. The van der Waals surface area contributed by atoms with Crippen molar-refractivity contribution in [3.8, 4) is 6.07 Å². The highest BCUT2D eigenvalue weighted by molar-refractivity contribution is 6.32. The normalized spacial score (nSPS) is 16.6. The number of carbonyl (C=O) groups excluding carboxylic acids is 2. The number of nitrogens with one attached hydrogen (secondary N) is 3. The third kappa shape index (κ3) is 5.39. The number of benzene rings is 2. The molecule has 1 aliphatic heterocycles. The Hall–Kier alpha value is -3.65. The monoisotopic (exact) mass is 544 g/mol. The smallest absolute Gasteiger partial charge is 0.326 e. The molecule has 3 N–H and O–H groups in total. The first kappa shape index (κ1) is 27.9. The lowest BCUT2D eigenvalue weighted by atomic mass is 9.94. The Kier molecular flexibility index (Phi) is 8.76. The maximum atomic E-state index is 13.1. The quantitative estimate of drug-likeness (QED) is 0.436. The van der Waals surface area contributed by atoms with Crippen LogP contribution in [-0.4, -0.2) is 34.0 Å². The van der Waals surface area contributed by atoms with Gasteiger partial charge in [-0.05, 0) is 50.2 Å². The molecule has 1 aliphatic rings. The maximum Gasteiger partial charge on any atom is 0.331 e. The molecule has 0 bridgehead atoms. The van der Waals surface area contributed by atoms with Gasteiger partial charge in [-0.25, -0.2) is 4.79 Å². The van der Waals surface area contributed by atoms with Crippen LogP contribution in [0.2, 0.25) is 5.02 Å². The van der Waals surface area contributed by atoms with Crippen LogP contribution in [0.1, 0.15) is 19.4 Å². The minimum atomic E-state index is -0.647. The first-order valence-electron chi connectivity index (χ1n) is 11.6. The van der Waals surface area contributed by atoms with E-state index in [4.69, 9.17) is 16.9 Å². The molecular formula is C25H26Cl2N6O4. The number of rotatable bonds is 6. The van der Waals surface area contributed by atoms with Crippen LogP contribution in [0.3, 0.4) is 0 Å². The number of aryl methyl sites for hydroxylation is 1. The van der Waals surface area contributed by atoms with Gasteiger partial charge < -0.3 is 16.0 Å². The molecule has 37 heavy (non-hydrogen) atoms. The Morgan fingerprint density at radius 2 is 1.57 bits per heavy atom. The minimum Gasteiger partial charge on any atom is -0.326 e. The summed E-state index contributed by atoms with van der Waals surface area (Å²) in [7, 11) is 0. The summed E-state index contributed by atoms with van der Waals surface area (Å²) in [5, 5.41) is 18.2. The molecule has 3 aromatic rings. The zero-order valence-electron chi connectivity index (χ0n) is 20.2. The Morgan fingerprint density at radius 3 is 2.11 bits per heavy atom. The van der Waals surface area contributed by atoms with E-state index in [2.05, 4.69) is 16.0 Å². The van der Waals surface area contributed by atoms with Gasteiger partial charge in [-0.15, -0.1) is 12.4 Å². The summed E-state index contributed by atoms with van der Waals surface area (Å²) in [6.45, 7) is 4.81. The highest BCUT2D eigenvalue weighted by atomic mass is 35.5. The highest BCUT2D eigenvalue weighted by Crippen LogP contribution is 2.25. The van der Waals surface area contributed by atoms with Crippen LogP contribution in [0.4, 0.5) is 11.4 Å². The van der Waals surface area contributed by atoms with Crippen LogP contribution >= 0.6 is 24.0 Å². The van der Waals surface area contributed by atoms with E-state index < -0.39 is 17.4 Å². The van der Waals surface area contributed by atoms with Crippen LogP contribution in [0, 0.1) is 23.2 Å². The van der Waals surface area contributed by atoms with Crippen molar-refractivity contribution in [2.45, 2.75) is 26.9 Å². The van der Waals surface area contributed by atoms with Crippen LogP contribution in [0.15, 0.2) is 46.0 Å². The second-order valence-electron chi connectivity index (χ2n) is 8.46. The molecule has 0 radical (unpaired) electrons. The zero-order chi connectivity index (χ0) is 26.0. The van der Waals surface area contributed by atoms with E-state index in [1.165, 1.54) is 16.7 Å². The predicted molar refractivity (Wildman–Crippen MR) is 144 cm³/mol. The largest absolute Gasteiger partial charge is 0.331 e. The second-order valence-corrected chi connectivity index (χ2v) is 8.87. The van der Waals surface area contributed by atoms with E-state index in [1.807, 2.05) is 13.0 Å². The number of hydrogen-bond donors (Lipinski definition) is 3. The van der Waals surface area contributed by atoms with Crippen LogP contribution in [-0.2, 0) is 22.7 Å². The van der Waals surface area contributed by atoms with Gasteiger partial charge in [-0.2, -0.15) is 5.26 Å². The van der Waals surface area contributed by atoms with Gasteiger partial charge >= 0.3 is 5.69 Å². The molecule has 2 amide bonds. The molecule has 0 aliphatic carbocycles. The molecule has 1 saturated heterocycles. The van der Waals surface area contributed by atoms with Crippen molar-refractivity contribution in [1.29, 1.82) is 5.26 Å². The second kappa shape index (κ2) is 11.6. The van der Waals surface area contributed by atoms with E-state index in [-0.39, 0.29) is 41.5 Å². The first-order chi connectivity index (χ1) is 17.3. The highest BCUT2D eigenvalue weighted by Gasteiger charge is 2.38. The number of carbonyl (C=O) groups is 2. The fourth-order valence-electron chi connectivity index (χ4n) is 4.47. The first-order valence-corrected chi connectivity index (χ1v) is 12.0. The van der Waals surface area contributed by atoms with Gasteiger partial charge in [0.1, 0.15) is 6.07 Å². The molecule has 2 aromatic carbocycles. The van der Waals surface area contributed by atoms with Gasteiger partial charge in [0.15, 0.2) is 0 Å². The number of hydrogen-bond acceptors (Lipinski definition) is 6. The lowest BCUT2D eigenvalue weighted by Crippen LogP contribution is -2.39.